The Hall–Kier alpha value is -4.29. The number of likely N-dealkylation sites (tertiary alicyclic amines) is 1. The van der Waals surface area contributed by atoms with Gasteiger partial charge in [-0.2, -0.15) is 0 Å². The Bertz CT molecular complexity index is 2060. The van der Waals surface area contributed by atoms with Gasteiger partial charge < -0.3 is 14.4 Å². The molecule has 4 aromatic carbocycles. The van der Waals surface area contributed by atoms with Gasteiger partial charge in [-0.15, -0.1) is 0 Å². The van der Waals surface area contributed by atoms with Crippen molar-refractivity contribution in [3.8, 4) is 5.75 Å². The zero-order valence-electron chi connectivity index (χ0n) is 28.2. The van der Waals surface area contributed by atoms with E-state index in [9.17, 15) is 22.7 Å². The Kier molecular flexibility index (Phi) is 12.0. The van der Waals surface area contributed by atoms with Gasteiger partial charge >= 0.3 is 5.97 Å². The van der Waals surface area contributed by atoms with Crippen molar-refractivity contribution in [3.63, 3.8) is 0 Å². The molecule has 0 bridgehead atoms. The standard InChI is InChI=1S/C39H41ClFN3O6S/c40-32-8-11-34(12-9-32)51(47,48)42-18-15-29-24-27(23-28(25-29)6-14-38(45)46)5-7-30-3-1-2-4-36(30)49-22-21-44-19-16-31(17-20-44)39-35-13-10-33(41)26-37(35)50-43-39/h1-4,8-13,23-26,31,42H,5-7,14-22H2,(H,45,46). The van der Waals surface area contributed by atoms with Crippen LogP contribution in [0.5, 0.6) is 5.75 Å². The molecule has 0 radical (unpaired) electrons. The molecule has 0 saturated carbocycles. The molecule has 2 N–H and O–H groups in total. The molecule has 1 fully saturated rings. The van der Waals surface area contributed by atoms with Crippen molar-refractivity contribution in [2.24, 2.45) is 0 Å². The summed E-state index contributed by atoms with van der Waals surface area (Å²) < 4.78 is 53.4. The Labute approximate surface area is 302 Å². The summed E-state index contributed by atoms with van der Waals surface area (Å²) in [5.74, 6) is -0.0804. The van der Waals surface area contributed by atoms with Crippen molar-refractivity contribution in [2.75, 3.05) is 32.8 Å². The van der Waals surface area contributed by atoms with Gasteiger partial charge in [-0.05, 0) is 116 Å². The number of hydrogen-bond donors (Lipinski definition) is 2. The molecule has 5 aromatic rings. The fraction of sp³-hybridized carbons (Fsp3) is 0.333. The van der Waals surface area contributed by atoms with Crippen LogP contribution in [0.25, 0.3) is 11.0 Å². The van der Waals surface area contributed by atoms with Crippen LogP contribution in [0.4, 0.5) is 4.39 Å². The number of sulfonamides is 1. The number of carbonyl (C=O) groups is 1. The second kappa shape index (κ2) is 16.8. The first-order valence-electron chi connectivity index (χ1n) is 17.2. The summed E-state index contributed by atoms with van der Waals surface area (Å²) in [6.07, 6.45) is 4.17. The molecular weight excluding hydrogens is 693 g/mol. The van der Waals surface area contributed by atoms with E-state index in [1.54, 1.807) is 6.07 Å². The second-order valence-corrected chi connectivity index (χ2v) is 15.1. The van der Waals surface area contributed by atoms with Gasteiger partial charge in [-0.25, -0.2) is 17.5 Å². The van der Waals surface area contributed by atoms with Crippen LogP contribution in [0.15, 0.2) is 94.3 Å². The highest BCUT2D eigenvalue weighted by Crippen LogP contribution is 2.33. The van der Waals surface area contributed by atoms with Gasteiger partial charge in [0.2, 0.25) is 10.0 Å². The number of rotatable bonds is 16. The Balaban J connectivity index is 1.02. The smallest absolute Gasteiger partial charge is 0.303 e. The maximum absolute atomic E-state index is 13.6. The summed E-state index contributed by atoms with van der Waals surface area (Å²) in [6, 6.07) is 24.7. The lowest BCUT2D eigenvalue weighted by atomic mass is 9.91. The maximum atomic E-state index is 13.6. The minimum atomic E-state index is -3.70. The number of para-hydroxylation sites is 1. The second-order valence-electron chi connectivity index (χ2n) is 12.9. The Morgan fingerprint density at radius 2 is 1.65 bits per heavy atom. The molecule has 0 unspecified atom stereocenters. The van der Waals surface area contributed by atoms with Crippen LogP contribution in [0.3, 0.4) is 0 Å². The predicted molar refractivity (Wildman–Crippen MR) is 194 cm³/mol. The van der Waals surface area contributed by atoms with E-state index >= 15 is 0 Å². The molecule has 51 heavy (non-hydrogen) atoms. The molecule has 0 aliphatic carbocycles. The molecule has 268 valence electrons. The molecule has 2 heterocycles. The molecule has 1 aromatic heterocycles. The predicted octanol–water partition coefficient (Wildman–Crippen LogP) is 7.20. The van der Waals surface area contributed by atoms with Gasteiger partial charge in [0.1, 0.15) is 18.2 Å². The number of piperidine rings is 1. The molecule has 1 aliphatic heterocycles. The number of aliphatic carboxylic acids is 1. The highest BCUT2D eigenvalue weighted by Gasteiger charge is 2.25. The number of carboxylic acid groups (broad SMARTS) is 1. The molecule has 6 rings (SSSR count). The molecule has 1 aliphatic rings. The summed E-state index contributed by atoms with van der Waals surface area (Å²) in [5.41, 5.74) is 5.38. The van der Waals surface area contributed by atoms with Crippen molar-refractivity contribution in [1.29, 1.82) is 0 Å². The number of carboxylic acids is 1. The molecule has 0 amide bonds. The van der Waals surface area contributed by atoms with Gasteiger partial charge in [0.05, 0.1) is 10.6 Å². The third kappa shape index (κ3) is 9.94. The first-order chi connectivity index (χ1) is 24.6. The number of ether oxygens (including phenoxy) is 1. The van der Waals surface area contributed by atoms with Gasteiger partial charge in [0, 0.05) is 41.9 Å². The van der Waals surface area contributed by atoms with Gasteiger partial charge in [0.15, 0.2) is 5.58 Å². The van der Waals surface area contributed by atoms with Crippen LogP contribution >= 0.6 is 11.6 Å². The van der Waals surface area contributed by atoms with Crippen molar-refractivity contribution in [3.05, 3.63) is 124 Å². The van der Waals surface area contributed by atoms with Crippen LogP contribution in [0.2, 0.25) is 5.02 Å². The number of nitrogens with one attached hydrogen (secondary N) is 1. The van der Waals surface area contributed by atoms with E-state index in [1.807, 2.05) is 30.3 Å². The largest absolute Gasteiger partial charge is 0.492 e. The number of nitrogens with zero attached hydrogens (tertiary/aromatic N) is 2. The summed E-state index contributed by atoms with van der Waals surface area (Å²) in [4.78, 5) is 13.8. The number of fused-ring (bicyclic) bond motifs is 1. The average molecular weight is 734 g/mol. The van der Waals surface area contributed by atoms with E-state index in [0.29, 0.717) is 36.5 Å². The van der Waals surface area contributed by atoms with Crippen molar-refractivity contribution in [2.45, 2.75) is 55.8 Å². The zero-order chi connectivity index (χ0) is 35.8. The van der Waals surface area contributed by atoms with Crippen molar-refractivity contribution < 1.29 is 32.0 Å². The SMILES string of the molecule is O=C(O)CCc1cc(CCNS(=O)(=O)c2ccc(Cl)cc2)cc(CCc2ccccc2OCCN2CCC(c3noc4cc(F)ccc34)CC2)c1. The summed E-state index contributed by atoms with van der Waals surface area (Å²) in [7, 11) is -3.70. The van der Waals surface area contributed by atoms with Crippen molar-refractivity contribution in [1.82, 2.24) is 14.8 Å². The van der Waals surface area contributed by atoms with E-state index in [4.69, 9.17) is 20.9 Å². The minimum absolute atomic E-state index is 0.0127. The molecule has 12 heteroatoms. The fourth-order valence-corrected chi connectivity index (χ4v) is 7.78. The third-order valence-electron chi connectivity index (χ3n) is 9.33. The molecule has 9 nitrogen and oxygen atoms in total. The number of aryl methyl sites for hydroxylation is 3. The molecule has 0 spiro atoms. The lowest BCUT2D eigenvalue weighted by Gasteiger charge is -2.31. The van der Waals surface area contributed by atoms with Gasteiger partial charge in [-0.1, -0.05) is 53.2 Å². The monoisotopic (exact) mass is 733 g/mol. The van der Waals surface area contributed by atoms with Crippen molar-refractivity contribution >= 4 is 38.6 Å². The first kappa shape index (κ1) is 36.5. The summed E-state index contributed by atoms with van der Waals surface area (Å²) in [5, 5.41) is 14.9. The molecular formula is C39H41ClFN3O6S. The fourth-order valence-electron chi connectivity index (χ4n) is 6.62. The van der Waals surface area contributed by atoms with Crippen LogP contribution in [0, 0.1) is 5.82 Å². The van der Waals surface area contributed by atoms with E-state index in [-0.39, 0.29) is 29.6 Å². The maximum Gasteiger partial charge on any atom is 0.303 e. The number of hydrogen-bond acceptors (Lipinski definition) is 7. The highest BCUT2D eigenvalue weighted by molar-refractivity contribution is 7.89. The molecule has 0 atom stereocenters. The quantitative estimate of drug-likeness (QED) is 0.109. The number of halogens is 2. The summed E-state index contributed by atoms with van der Waals surface area (Å²) in [6.45, 7) is 3.36. The van der Waals surface area contributed by atoms with E-state index in [2.05, 4.69) is 26.9 Å². The zero-order valence-corrected chi connectivity index (χ0v) is 29.8. The Morgan fingerprint density at radius 1 is 0.941 bits per heavy atom. The van der Waals surface area contributed by atoms with Crippen LogP contribution in [0.1, 0.15) is 53.1 Å². The van der Waals surface area contributed by atoms with E-state index < -0.39 is 16.0 Å². The minimum Gasteiger partial charge on any atom is -0.492 e. The third-order valence-corrected chi connectivity index (χ3v) is 11.1. The summed E-state index contributed by atoms with van der Waals surface area (Å²) >= 11 is 5.91. The molecule has 1 saturated heterocycles. The van der Waals surface area contributed by atoms with Crippen LogP contribution < -0.4 is 9.46 Å². The normalized spacial score (nSPS) is 14.2. The van der Waals surface area contributed by atoms with Gasteiger partial charge in [0.25, 0.3) is 0 Å². The lowest BCUT2D eigenvalue weighted by Crippen LogP contribution is -2.36. The van der Waals surface area contributed by atoms with E-state index in [1.165, 1.54) is 36.4 Å². The lowest BCUT2D eigenvalue weighted by molar-refractivity contribution is -0.136. The average Bonchev–Trinajstić information content (AvgIpc) is 3.54. The topological polar surface area (TPSA) is 122 Å². The van der Waals surface area contributed by atoms with E-state index in [0.717, 1.165) is 78.0 Å². The number of benzene rings is 4. The Morgan fingerprint density at radius 3 is 2.39 bits per heavy atom. The first-order valence-corrected chi connectivity index (χ1v) is 19.1. The van der Waals surface area contributed by atoms with Crippen LogP contribution in [-0.4, -0.2) is 62.3 Å². The van der Waals surface area contributed by atoms with Gasteiger partial charge in [-0.3, -0.25) is 9.69 Å². The number of aromatic nitrogens is 1. The van der Waals surface area contributed by atoms with Crippen LogP contribution in [-0.2, 0) is 40.5 Å². The highest BCUT2D eigenvalue weighted by atomic mass is 35.5.